The second-order valence-corrected chi connectivity index (χ2v) is 4.37. The molecule has 0 N–H and O–H groups in total. The molecule has 18 heavy (non-hydrogen) atoms. The van der Waals surface area contributed by atoms with Crippen molar-refractivity contribution in [3.63, 3.8) is 0 Å². The molecule has 1 heterocycles. The van der Waals surface area contributed by atoms with Gasteiger partial charge in [-0.3, -0.25) is 9.59 Å². The van der Waals surface area contributed by atoms with Crippen LogP contribution in [0.2, 0.25) is 0 Å². The summed E-state index contributed by atoms with van der Waals surface area (Å²) in [6, 6.07) is 7.55. The molecule has 4 nitrogen and oxygen atoms in total. The van der Waals surface area contributed by atoms with Gasteiger partial charge in [0.15, 0.2) is 0 Å². The monoisotopic (exact) mass is 248 g/mol. The lowest BCUT2D eigenvalue weighted by atomic mass is 9.91. The number of carbonyl (C=O) groups is 2. The molecule has 4 heteroatoms. The van der Waals surface area contributed by atoms with E-state index in [0.29, 0.717) is 6.61 Å². The van der Waals surface area contributed by atoms with Gasteiger partial charge in [0.2, 0.25) is 0 Å². The Bertz CT molecular complexity index is 420. The summed E-state index contributed by atoms with van der Waals surface area (Å²) in [5.41, 5.74) is 0.976. The molecule has 0 atom stereocenters. The van der Waals surface area contributed by atoms with E-state index in [-0.39, 0.29) is 18.8 Å². The second-order valence-electron chi connectivity index (χ2n) is 4.37. The number of benzene rings is 1. The summed E-state index contributed by atoms with van der Waals surface area (Å²) >= 11 is 0. The Hall–Kier alpha value is -1.84. The highest BCUT2D eigenvalue weighted by Gasteiger charge is 2.28. The lowest BCUT2D eigenvalue weighted by Crippen LogP contribution is -2.24. The topological polar surface area (TPSA) is 52.6 Å². The minimum Gasteiger partial charge on any atom is -0.494 e. The molecule has 96 valence electrons. The first-order valence-corrected chi connectivity index (χ1v) is 6.15. The third-order valence-corrected chi connectivity index (χ3v) is 2.88. The Kier molecular flexibility index (Phi) is 3.97. The summed E-state index contributed by atoms with van der Waals surface area (Å²) in [5, 5.41) is 0. The van der Waals surface area contributed by atoms with E-state index in [1.54, 1.807) is 0 Å². The number of cyclic esters (lactones) is 2. The molecular weight excluding hydrogens is 232 g/mol. The first kappa shape index (κ1) is 12.6. The van der Waals surface area contributed by atoms with E-state index < -0.39 is 11.9 Å². The molecule has 0 bridgehead atoms. The molecule has 1 aromatic rings. The van der Waals surface area contributed by atoms with Crippen molar-refractivity contribution in [1.82, 2.24) is 0 Å². The van der Waals surface area contributed by atoms with Crippen molar-refractivity contribution >= 4 is 11.9 Å². The van der Waals surface area contributed by atoms with Crippen molar-refractivity contribution in [3.05, 3.63) is 29.8 Å². The Morgan fingerprint density at radius 2 is 1.78 bits per heavy atom. The number of esters is 2. The Balaban J connectivity index is 2.04. The van der Waals surface area contributed by atoms with Crippen LogP contribution in [0.15, 0.2) is 24.3 Å². The molecule has 1 aliphatic heterocycles. The lowest BCUT2D eigenvalue weighted by Gasteiger charge is -2.20. The van der Waals surface area contributed by atoms with Gasteiger partial charge in [-0.1, -0.05) is 19.1 Å². The molecule has 1 aliphatic rings. The maximum Gasteiger partial charge on any atom is 0.314 e. The first-order chi connectivity index (χ1) is 8.69. The van der Waals surface area contributed by atoms with E-state index in [2.05, 4.69) is 4.74 Å². The van der Waals surface area contributed by atoms with Gasteiger partial charge in [0.25, 0.3) is 0 Å². The van der Waals surface area contributed by atoms with Crippen LogP contribution in [0.25, 0.3) is 0 Å². The second kappa shape index (κ2) is 5.67. The van der Waals surface area contributed by atoms with Crippen molar-refractivity contribution in [1.29, 1.82) is 0 Å². The van der Waals surface area contributed by atoms with Crippen LogP contribution >= 0.6 is 0 Å². The molecule has 1 saturated heterocycles. The van der Waals surface area contributed by atoms with E-state index in [4.69, 9.17) is 4.74 Å². The van der Waals surface area contributed by atoms with Gasteiger partial charge in [0, 0.05) is 5.92 Å². The fourth-order valence-corrected chi connectivity index (χ4v) is 1.98. The molecule has 2 rings (SSSR count). The Morgan fingerprint density at radius 3 is 2.33 bits per heavy atom. The molecule has 0 unspecified atom stereocenters. The molecule has 0 saturated carbocycles. The van der Waals surface area contributed by atoms with Crippen LogP contribution in [0.5, 0.6) is 5.75 Å². The van der Waals surface area contributed by atoms with Gasteiger partial charge >= 0.3 is 11.9 Å². The van der Waals surface area contributed by atoms with Gasteiger partial charge in [0.1, 0.15) is 5.75 Å². The molecule has 0 amide bonds. The predicted octanol–water partition coefficient (Wildman–Crippen LogP) is 2.42. The van der Waals surface area contributed by atoms with Crippen LogP contribution in [0, 0.1) is 0 Å². The molecule has 1 aromatic carbocycles. The van der Waals surface area contributed by atoms with E-state index >= 15 is 0 Å². The predicted molar refractivity (Wildman–Crippen MR) is 65.3 cm³/mol. The van der Waals surface area contributed by atoms with Gasteiger partial charge in [-0.25, -0.2) is 0 Å². The Morgan fingerprint density at radius 1 is 1.17 bits per heavy atom. The van der Waals surface area contributed by atoms with E-state index in [1.807, 2.05) is 31.2 Å². The maximum atomic E-state index is 11.2. The zero-order chi connectivity index (χ0) is 13.0. The zero-order valence-corrected chi connectivity index (χ0v) is 10.3. The molecule has 1 fully saturated rings. The molecular formula is C14H16O4. The maximum absolute atomic E-state index is 11.2. The van der Waals surface area contributed by atoms with Gasteiger partial charge in [-0.15, -0.1) is 0 Å². The normalized spacial score (nSPS) is 16.5. The standard InChI is InChI=1S/C14H16O4/c1-2-7-17-12-5-3-10(4-6-12)11-8-13(15)18-14(16)9-11/h3-6,11H,2,7-9H2,1H3. The zero-order valence-electron chi connectivity index (χ0n) is 10.3. The molecule has 0 spiro atoms. The fourth-order valence-electron chi connectivity index (χ4n) is 1.98. The van der Waals surface area contributed by atoms with Gasteiger partial charge in [-0.05, 0) is 24.1 Å². The van der Waals surface area contributed by atoms with Gasteiger partial charge in [0.05, 0.1) is 19.4 Å². The number of hydrogen-bond donors (Lipinski definition) is 0. The summed E-state index contributed by atoms with van der Waals surface area (Å²) < 4.78 is 9.99. The average molecular weight is 248 g/mol. The van der Waals surface area contributed by atoms with Crippen LogP contribution in [-0.4, -0.2) is 18.5 Å². The van der Waals surface area contributed by atoms with E-state index in [1.165, 1.54) is 0 Å². The van der Waals surface area contributed by atoms with E-state index in [9.17, 15) is 9.59 Å². The molecule has 0 aliphatic carbocycles. The van der Waals surface area contributed by atoms with Crippen molar-refractivity contribution in [3.8, 4) is 5.75 Å². The highest BCUT2D eigenvalue weighted by atomic mass is 16.6. The van der Waals surface area contributed by atoms with Crippen LogP contribution in [0.1, 0.15) is 37.7 Å². The minimum atomic E-state index is -0.442. The Labute approximate surface area is 106 Å². The van der Waals surface area contributed by atoms with Crippen LogP contribution in [0.3, 0.4) is 0 Å². The summed E-state index contributed by atoms with van der Waals surface area (Å²) in [6.07, 6.45) is 1.49. The fraction of sp³-hybridized carbons (Fsp3) is 0.429. The summed E-state index contributed by atoms with van der Waals surface area (Å²) in [4.78, 5) is 22.4. The van der Waals surface area contributed by atoms with Crippen LogP contribution in [-0.2, 0) is 14.3 Å². The van der Waals surface area contributed by atoms with Crippen LogP contribution in [0.4, 0.5) is 0 Å². The minimum absolute atomic E-state index is 0.0704. The molecule has 0 radical (unpaired) electrons. The van der Waals surface area contributed by atoms with Crippen molar-refractivity contribution in [2.75, 3.05) is 6.61 Å². The lowest BCUT2D eigenvalue weighted by molar-refractivity contribution is -0.163. The number of carbonyl (C=O) groups excluding carboxylic acids is 2. The van der Waals surface area contributed by atoms with Crippen LogP contribution < -0.4 is 4.74 Å². The average Bonchev–Trinajstić information content (AvgIpc) is 2.36. The smallest absolute Gasteiger partial charge is 0.314 e. The summed E-state index contributed by atoms with van der Waals surface area (Å²) in [5.74, 6) is -0.144. The highest BCUT2D eigenvalue weighted by molar-refractivity contribution is 5.89. The van der Waals surface area contributed by atoms with E-state index in [0.717, 1.165) is 17.7 Å². The third-order valence-electron chi connectivity index (χ3n) is 2.88. The quantitative estimate of drug-likeness (QED) is 0.606. The number of ether oxygens (including phenoxy) is 2. The van der Waals surface area contributed by atoms with Gasteiger partial charge < -0.3 is 9.47 Å². The third kappa shape index (κ3) is 3.09. The van der Waals surface area contributed by atoms with Gasteiger partial charge in [-0.2, -0.15) is 0 Å². The highest BCUT2D eigenvalue weighted by Crippen LogP contribution is 2.29. The van der Waals surface area contributed by atoms with Crippen molar-refractivity contribution in [2.24, 2.45) is 0 Å². The largest absolute Gasteiger partial charge is 0.494 e. The molecule has 0 aromatic heterocycles. The first-order valence-electron chi connectivity index (χ1n) is 6.15. The summed E-state index contributed by atoms with van der Waals surface area (Å²) in [6.45, 7) is 2.74. The van der Waals surface area contributed by atoms with Crippen molar-refractivity contribution in [2.45, 2.75) is 32.1 Å². The number of hydrogen-bond acceptors (Lipinski definition) is 4. The number of rotatable bonds is 4. The SMILES string of the molecule is CCCOc1ccc(C2CC(=O)OC(=O)C2)cc1. The summed E-state index contributed by atoms with van der Waals surface area (Å²) in [7, 11) is 0. The van der Waals surface area contributed by atoms with Crippen molar-refractivity contribution < 1.29 is 19.1 Å².